The van der Waals surface area contributed by atoms with Gasteiger partial charge in [-0.2, -0.15) is 0 Å². The van der Waals surface area contributed by atoms with Crippen molar-refractivity contribution >= 4 is 17.7 Å². The molecule has 8 nitrogen and oxygen atoms in total. The number of hydrogen-bond donors (Lipinski definition) is 1. The van der Waals surface area contributed by atoms with Crippen LogP contribution >= 0.6 is 0 Å². The quantitative estimate of drug-likeness (QED) is 0.641. The molecule has 1 saturated carbocycles. The molecular formula is C28H30N2O6. The van der Waals surface area contributed by atoms with Crippen LogP contribution < -0.4 is 14.8 Å². The molecule has 36 heavy (non-hydrogen) atoms. The lowest BCUT2D eigenvalue weighted by Crippen LogP contribution is -2.44. The van der Waals surface area contributed by atoms with Crippen LogP contribution in [-0.4, -0.2) is 55.2 Å². The van der Waals surface area contributed by atoms with E-state index in [-0.39, 0.29) is 36.0 Å². The van der Waals surface area contributed by atoms with Gasteiger partial charge >= 0.3 is 0 Å². The van der Waals surface area contributed by atoms with Crippen molar-refractivity contribution in [2.24, 2.45) is 0 Å². The highest BCUT2D eigenvalue weighted by atomic mass is 16.7. The zero-order valence-electron chi connectivity index (χ0n) is 20.2. The van der Waals surface area contributed by atoms with E-state index >= 15 is 0 Å². The summed E-state index contributed by atoms with van der Waals surface area (Å²) in [7, 11) is 0. The summed E-state index contributed by atoms with van der Waals surface area (Å²) in [5.41, 5.74) is 1.88. The number of nitrogens with zero attached hydrogens (tertiary/aromatic N) is 1. The van der Waals surface area contributed by atoms with E-state index in [2.05, 4.69) is 5.32 Å². The lowest BCUT2D eigenvalue weighted by molar-refractivity contribution is 0.0486. The van der Waals surface area contributed by atoms with E-state index in [0.29, 0.717) is 42.2 Å². The number of nitrogens with one attached hydrogen (secondary N) is 1. The van der Waals surface area contributed by atoms with Crippen molar-refractivity contribution in [1.29, 1.82) is 0 Å². The summed E-state index contributed by atoms with van der Waals surface area (Å²) in [6.07, 6.45) is 6.43. The minimum absolute atomic E-state index is 0.0431. The number of amides is 3. The number of carbonyl (C=O) groups excluding carboxylic acids is 3. The summed E-state index contributed by atoms with van der Waals surface area (Å²) >= 11 is 0. The zero-order chi connectivity index (χ0) is 24.7. The van der Waals surface area contributed by atoms with Gasteiger partial charge in [0.15, 0.2) is 11.5 Å². The van der Waals surface area contributed by atoms with Crippen molar-refractivity contribution in [3.05, 3.63) is 58.7 Å². The Morgan fingerprint density at radius 1 is 0.917 bits per heavy atom. The predicted molar refractivity (Wildman–Crippen MR) is 130 cm³/mol. The highest BCUT2D eigenvalue weighted by molar-refractivity contribution is 6.22. The molecule has 3 aliphatic heterocycles. The van der Waals surface area contributed by atoms with E-state index in [1.165, 1.54) is 4.90 Å². The first-order valence-corrected chi connectivity index (χ1v) is 12.8. The molecule has 3 amide bonds. The zero-order valence-corrected chi connectivity index (χ0v) is 20.2. The van der Waals surface area contributed by atoms with Crippen molar-refractivity contribution in [2.45, 2.75) is 56.4 Å². The van der Waals surface area contributed by atoms with E-state index in [0.717, 1.165) is 56.3 Å². The summed E-state index contributed by atoms with van der Waals surface area (Å²) in [6.45, 7) is 1.85. The SMILES string of the molecule is O=C(NCC1(c2ccc3c(c2)OCO3)CCOCC1)c1ccc2c(c1)C(=O)N(C1CCCCC1)C2=O. The normalized spacial score (nSPS) is 20.9. The Morgan fingerprint density at radius 3 is 2.47 bits per heavy atom. The summed E-state index contributed by atoms with van der Waals surface area (Å²) in [5, 5.41) is 3.09. The van der Waals surface area contributed by atoms with E-state index in [4.69, 9.17) is 14.2 Å². The van der Waals surface area contributed by atoms with Crippen LogP contribution in [0.5, 0.6) is 11.5 Å². The lowest BCUT2D eigenvalue weighted by Gasteiger charge is -2.38. The van der Waals surface area contributed by atoms with Crippen LogP contribution in [0.15, 0.2) is 36.4 Å². The lowest BCUT2D eigenvalue weighted by atomic mass is 9.74. The Kier molecular flexibility index (Phi) is 5.91. The molecule has 188 valence electrons. The molecule has 0 atom stereocenters. The van der Waals surface area contributed by atoms with Gasteiger partial charge in [0.1, 0.15) is 0 Å². The molecule has 0 bridgehead atoms. The van der Waals surface area contributed by atoms with Crippen molar-refractivity contribution in [3.63, 3.8) is 0 Å². The molecule has 2 aromatic carbocycles. The van der Waals surface area contributed by atoms with Crippen LogP contribution in [0.1, 0.15) is 81.6 Å². The second-order valence-corrected chi connectivity index (χ2v) is 10.2. The standard InChI is InChI=1S/C28H30N2O6/c31-25(18-6-8-21-22(14-18)27(33)30(26(21)32)20-4-2-1-3-5-20)29-16-28(10-12-34-13-11-28)19-7-9-23-24(15-19)36-17-35-23/h6-9,14-15,20H,1-5,10-13,16-17H2,(H,29,31). The molecule has 1 N–H and O–H groups in total. The Bertz CT molecular complexity index is 1210. The predicted octanol–water partition coefficient (Wildman–Crippen LogP) is 3.82. The molecule has 0 radical (unpaired) electrons. The van der Waals surface area contributed by atoms with E-state index in [9.17, 15) is 14.4 Å². The molecule has 0 spiro atoms. The smallest absolute Gasteiger partial charge is 0.261 e. The molecule has 6 rings (SSSR count). The monoisotopic (exact) mass is 490 g/mol. The van der Waals surface area contributed by atoms with Gasteiger partial charge in [0, 0.05) is 36.8 Å². The van der Waals surface area contributed by atoms with Crippen LogP contribution in [0.4, 0.5) is 0 Å². The molecule has 3 heterocycles. The average molecular weight is 491 g/mol. The van der Waals surface area contributed by atoms with Crippen LogP contribution in [0.3, 0.4) is 0 Å². The van der Waals surface area contributed by atoms with Crippen molar-refractivity contribution in [1.82, 2.24) is 10.2 Å². The maximum Gasteiger partial charge on any atom is 0.261 e. The van der Waals surface area contributed by atoms with Gasteiger partial charge in [0.2, 0.25) is 6.79 Å². The Morgan fingerprint density at radius 2 is 1.67 bits per heavy atom. The Labute approximate surface area is 209 Å². The summed E-state index contributed by atoms with van der Waals surface area (Å²) in [4.78, 5) is 40.8. The minimum Gasteiger partial charge on any atom is -0.454 e. The second kappa shape index (κ2) is 9.24. The third kappa shape index (κ3) is 3.93. The van der Waals surface area contributed by atoms with Crippen molar-refractivity contribution in [3.8, 4) is 11.5 Å². The number of fused-ring (bicyclic) bond motifs is 2. The van der Waals surface area contributed by atoms with Gasteiger partial charge in [-0.05, 0) is 61.6 Å². The van der Waals surface area contributed by atoms with Gasteiger partial charge in [-0.3, -0.25) is 19.3 Å². The number of imide groups is 1. The Balaban J connectivity index is 1.20. The molecule has 0 unspecified atom stereocenters. The van der Waals surface area contributed by atoms with E-state index in [1.54, 1.807) is 18.2 Å². The molecule has 0 aromatic heterocycles. The van der Waals surface area contributed by atoms with Crippen LogP contribution in [0.25, 0.3) is 0 Å². The van der Waals surface area contributed by atoms with Gasteiger partial charge in [-0.1, -0.05) is 25.3 Å². The molecule has 8 heteroatoms. The molecular weight excluding hydrogens is 460 g/mol. The first-order valence-electron chi connectivity index (χ1n) is 12.8. The van der Waals surface area contributed by atoms with Crippen LogP contribution in [0.2, 0.25) is 0 Å². The van der Waals surface area contributed by atoms with Crippen molar-refractivity contribution < 1.29 is 28.6 Å². The van der Waals surface area contributed by atoms with Gasteiger partial charge in [-0.15, -0.1) is 0 Å². The second-order valence-electron chi connectivity index (χ2n) is 10.2. The Hall–Kier alpha value is -3.39. The van der Waals surface area contributed by atoms with Crippen molar-refractivity contribution in [2.75, 3.05) is 26.6 Å². The summed E-state index contributed by atoms with van der Waals surface area (Å²) in [5.74, 6) is 0.662. The first kappa shape index (κ1) is 23.0. The van der Waals surface area contributed by atoms with E-state index < -0.39 is 0 Å². The number of ether oxygens (including phenoxy) is 3. The highest BCUT2D eigenvalue weighted by Gasteiger charge is 2.41. The van der Waals surface area contributed by atoms with Gasteiger partial charge < -0.3 is 19.5 Å². The molecule has 2 aromatic rings. The third-order valence-corrected chi connectivity index (χ3v) is 8.14. The fraction of sp³-hybridized carbons (Fsp3) is 0.464. The fourth-order valence-corrected chi connectivity index (χ4v) is 5.98. The maximum atomic E-state index is 13.2. The average Bonchev–Trinajstić information content (AvgIpc) is 3.50. The molecule has 4 aliphatic rings. The van der Waals surface area contributed by atoms with Gasteiger partial charge in [0.05, 0.1) is 11.1 Å². The van der Waals surface area contributed by atoms with Gasteiger partial charge in [-0.25, -0.2) is 0 Å². The minimum atomic E-state index is -0.296. The van der Waals surface area contributed by atoms with Crippen LogP contribution in [-0.2, 0) is 10.2 Å². The number of rotatable bonds is 5. The maximum absolute atomic E-state index is 13.2. The first-order chi connectivity index (χ1) is 17.6. The largest absolute Gasteiger partial charge is 0.454 e. The number of carbonyl (C=O) groups is 3. The van der Waals surface area contributed by atoms with Gasteiger partial charge in [0.25, 0.3) is 17.7 Å². The third-order valence-electron chi connectivity index (χ3n) is 8.14. The van der Waals surface area contributed by atoms with Crippen LogP contribution in [0, 0.1) is 0 Å². The number of benzene rings is 2. The highest BCUT2D eigenvalue weighted by Crippen LogP contribution is 2.40. The number of hydrogen-bond acceptors (Lipinski definition) is 6. The summed E-state index contributed by atoms with van der Waals surface area (Å²) in [6, 6.07) is 10.7. The van der Waals surface area contributed by atoms with E-state index in [1.807, 2.05) is 18.2 Å². The topological polar surface area (TPSA) is 94.2 Å². The molecule has 2 fully saturated rings. The summed E-state index contributed by atoms with van der Waals surface area (Å²) < 4.78 is 16.7. The molecule has 1 saturated heterocycles. The fourth-order valence-electron chi connectivity index (χ4n) is 5.98. The molecule has 1 aliphatic carbocycles.